The van der Waals surface area contributed by atoms with E-state index in [2.05, 4.69) is 0 Å². The number of aliphatic carboxylic acids is 2. The quantitative estimate of drug-likeness (QED) is 0.537. The average Bonchev–Trinajstić information content (AvgIpc) is 2.29. The highest BCUT2D eigenvalue weighted by Gasteiger charge is 2.15. The third kappa shape index (κ3) is 4.06. The largest absolute Gasteiger partial charge is 0.481 e. The lowest BCUT2D eigenvalue weighted by Crippen LogP contribution is -2.32. The zero-order chi connectivity index (χ0) is 13.7. The number of anilines is 1. The number of carboxylic acids is 2. The second-order valence-corrected chi connectivity index (χ2v) is 4.07. The summed E-state index contributed by atoms with van der Waals surface area (Å²) in [7, 11) is 0. The van der Waals surface area contributed by atoms with Crippen molar-refractivity contribution in [2.24, 2.45) is 5.73 Å². The normalized spacial score (nSPS) is 12.1. The van der Waals surface area contributed by atoms with Crippen molar-refractivity contribution in [2.75, 3.05) is 5.73 Å². The highest BCUT2D eigenvalue weighted by Crippen LogP contribution is 2.17. The lowest BCUT2D eigenvalue weighted by Gasteiger charge is -2.12. The molecule has 0 spiro atoms. The number of hydrogen-bond donors (Lipinski definition) is 4. The molecule has 0 unspecified atom stereocenters. The molecule has 18 heavy (non-hydrogen) atoms. The van der Waals surface area contributed by atoms with Crippen LogP contribution >= 0.6 is 0 Å². The minimum atomic E-state index is -1.09. The van der Waals surface area contributed by atoms with E-state index in [1.165, 1.54) is 0 Å². The smallest absolute Gasteiger partial charge is 0.320 e. The SMILES string of the molecule is Nc1ccc(C[C@H](N)C(=O)O)c(CCC(=O)O)c1. The van der Waals surface area contributed by atoms with E-state index in [-0.39, 0.29) is 12.8 Å². The summed E-state index contributed by atoms with van der Waals surface area (Å²) >= 11 is 0. The topological polar surface area (TPSA) is 127 Å². The monoisotopic (exact) mass is 252 g/mol. The van der Waals surface area contributed by atoms with Gasteiger partial charge >= 0.3 is 11.9 Å². The first-order valence-corrected chi connectivity index (χ1v) is 5.47. The number of hydrogen-bond acceptors (Lipinski definition) is 4. The van der Waals surface area contributed by atoms with Gasteiger partial charge in [-0.25, -0.2) is 0 Å². The molecule has 0 fully saturated rings. The zero-order valence-electron chi connectivity index (χ0n) is 9.80. The van der Waals surface area contributed by atoms with Crippen LogP contribution in [0.15, 0.2) is 18.2 Å². The summed E-state index contributed by atoms with van der Waals surface area (Å²) in [5.74, 6) is -2.00. The second-order valence-electron chi connectivity index (χ2n) is 4.07. The van der Waals surface area contributed by atoms with E-state index in [0.717, 1.165) is 11.1 Å². The Labute approximate surface area is 104 Å². The van der Waals surface area contributed by atoms with Gasteiger partial charge < -0.3 is 21.7 Å². The highest BCUT2D eigenvalue weighted by molar-refractivity contribution is 5.73. The Hall–Kier alpha value is -2.08. The number of nitrogens with two attached hydrogens (primary N) is 2. The maximum Gasteiger partial charge on any atom is 0.320 e. The van der Waals surface area contributed by atoms with Gasteiger partial charge in [-0.15, -0.1) is 0 Å². The van der Waals surface area contributed by atoms with Crippen molar-refractivity contribution in [2.45, 2.75) is 25.3 Å². The Morgan fingerprint density at radius 2 is 1.89 bits per heavy atom. The van der Waals surface area contributed by atoms with E-state index in [1.807, 2.05) is 0 Å². The molecule has 0 aliphatic carbocycles. The number of nitrogen functional groups attached to an aromatic ring is 1. The number of carboxylic acid groups (broad SMARTS) is 2. The van der Waals surface area contributed by atoms with Crippen LogP contribution in [0.2, 0.25) is 0 Å². The number of rotatable bonds is 6. The van der Waals surface area contributed by atoms with Crippen LogP contribution in [0, 0.1) is 0 Å². The minimum absolute atomic E-state index is 0.0290. The van der Waals surface area contributed by atoms with Crippen molar-refractivity contribution in [3.63, 3.8) is 0 Å². The Balaban J connectivity index is 2.88. The first-order valence-electron chi connectivity index (χ1n) is 5.47. The molecule has 0 bridgehead atoms. The molecule has 0 heterocycles. The van der Waals surface area contributed by atoms with Crippen molar-refractivity contribution in [1.29, 1.82) is 0 Å². The molecule has 0 saturated carbocycles. The van der Waals surface area contributed by atoms with E-state index in [0.29, 0.717) is 12.1 Å². The van der Waals surface area contributed by atoms with E-state index >= 15 is 0 Å². The Bertz CT molecular complexity index is 459. The van der Waals surface area contributed by atoms with Crippen molar-refractivity contribution >= 4 is 17.6 Å². The van der Waals surface area contributed by atoms with E-state index in [4.69, 9.17) is 21.7 Å². The number of carbonyl (C=O) groups is 2. The second kappa shape index (κ2) is 6.02. The van der Waals surface area contributed by atoms with Crippen LogP contribution < -0.4 is 11.5 Å². The molecule has 6 heteroatoms. The van der Waals surface area contributed by atoms with Crippen LogP contribution in [0.4, 0.5) is 5.69 Å². The van der Waals surface area contributed by atoms with Gasteiger partial charge in [-0.3, -0.25) is 9.59 Å². The molecule has 1 rings (SSSR count). The Morgan fingerprint density at radius 1 is 1.22 bits per heavy atom. The van der Waals surface area contributed by atoms with Crippen LogP contribution in [0.3, 0.4) is 0 Å². The average molecular weight is 252 g/mol. The van der Waals surface area contributed by atoms with Crippen molar-refractivity contribution < 1.29 is 19.8 Å². The predicted octanol–water partition coefficient (Wildman–Crippen LogP) is 0.240. The van der Waals surface area contributed by atoms with Gasteiger partial charge in [-0.2, -0.15) is 0 Å². The van der Waals surface area contributed by atoms with Gasteiger partial charge in [0.2, 0.25) is 0 Å². The molecule has 6 nitrogen and oxygen atoms in total. The molecule has 6 N–H and O–H groups in total. The van der Waals surface area contributed by atoms with Crippen LogP contribution in [-0.2, 0) is 22.4 Å². The summed E-state index contributed by atoms with van der Waals surface area (Å²) < 4.78 is 0. The van der Waals surface area contributed by atoms with Crippen molar-refractivity contribution in [3.8, 4) is 0 Å². The predicted molar refractivity (Wildman–Crippen MR) is 66.1 cm³/mol. The summed E-state index contributed by atoms with van der Waals surface area (Å²) in [5, 5.41) is 17.4. The molecule has 98 valence electrons. The Kier molecular flexibility index (Phi) is 4.67. The first-order chi connectivity index (χ1) is 8.40. The van der Waals surface area contributed by atoms with Crippen LogP contribution in [0.1, 0.15) is 17.5 Å². The molecule has 0 amide bonds. The summed E-state index contributed by atoms with van der Waals surface area (Å²) in [6.45, 7) is 0. The molecule has 0 aliphatic heterocycles. The van der Waals surface area contributed by atoms with Crippen molar-refractivity contribution in [1.82, 2.24) is 0 Å². The lowest BCUT2D eigenvalue weighted by molar-refractivity contribution is -0.139. The van der Waals surface area contributed by atoms with Crippen LogP contribution in [0.5, 0.6) is 0 Å². The maximum absolute atomic E-state index is 10.7. The summed E-state index contributed by atoms with van der Waals surface area (Å²) in [6.07, 6.45) is 0.436. The zero-order valence-corrected chi connectivity index (χ0v) is 9.80. The van der Waals surface area contributed by atoms with Gasteiger partial charge in [0.15, 0.2) is 0 Å². The van der Waals surface area contributed by atoms with E-state index < -0.39 is 18.0 Å². The van der Waals surface area contributed by atoms with E-state index in [9.17, 15) is 9.59 Å². The fourth-order valence-corrected chi connectivity index (χ4v) is 1.64. The fraction of sp³-hybridized carbons (Fsp3) is 0.333. The van der Waals surface area contributed by atoms with Crippen molar-refractivity contribution in [3.05, 3.63) is 29.3 Å². The first kappa shape index (κ1) is 14.0. The lowest BCUT2D eigenvalue weighted by atomic mass is 9.97. The molecule has 0 aliphatic rings. The summed E-state index contributed by atoms with van der Waals surface area (Å²) in [5.41, 5.74) is 13.1. The molecule has 0 aromatic heterocycles. The summed E-state index contributed by atoms with van der Waals surface area (Å²) in [6, 6.07) is 3.99. The van der Waals surface area contributed by atoms with Gasteiger partial charge in [-0.05, 0) is 36.1 Å². The molecule has 0 saturated heterocycles. The minimum Gasteiger partial charge on any atom is -0.481 e. The van der Waals surface area contributed by atoms with Gasteiger partial charge in [-0.1, -0.05) is 6.07 Å². The molecular formula is C12H16N2O4. The third-order valence-electron chi connectivity index (χ3n) is 2.60. The van der Waals surface area contributed by atoms with Gasteiger partial charge in [0, 0.05) is 12.1 Å². The standard InChI is InChI=1S/C12H16N2O4/c13-9-3-1-8(6-10(14)12(17)18)7(5-9)2-4-11(15)16/h1,3,5,10H,2,4,6,13-14H2,(H,15,16)(H,17,18)/t10-/m0/s1. The van der Waals surface area contributed by atoms with Gasteiger partial charge in [0.05, 0.1) is 0 Å². The number of benzene rings is 1. The fourth-order valence-electron chi connectivity index (χ4n) is 1.64. The molecule has 1 atom stereocenters. The number of aryl methyl sites for hydroxylation is 1. The molecule has 0 radical (unpaired) electrons. The van der Waals surface area contributed by atoms with Gasteiger partial charge in [0.25, 0.3) is 0 Å². The maximum atomic E-state index is 10.7. The van der Waals surface area contributed by atoms with Crippen LogP contribution in [-0.4, -0.2) is 28.2 Å². The molecular weight excluding hydrogens is 236 g/mol. The van der Waals surface area contributed by atoms with Gasteiger partial charge in [0.1, 0.15) is 6.04 Å². The summed E-state index contributed by atoms with van der Waals surface area (Å²) in [4.78, 5) is 21.3. The third-order valence-corrected chi connectivity index (χ3v) is 2.60. The van der Waals surface area contributed by atoms with Crippen LogP contribution in [0.25, 0.3) is 0 Å². The van der Waals surface area contributed by atoms with E-state index in [1.54, 1.807) is 18.2 Å². The molecule has 1 aromatic carbocycles. The highest BCUT2D eigenvalue weighted by atomic mass is 16.4. The Morgan fingerprint density at radius 3 is 2.44 bits per heavy atom. The molecule has 1 aromatic rings.